The summed E-state index contributed by atoms with van der Waals surface area (Å²) in [5.41, 5.74) is -0.310. The normalized spacial score (nSPS) is 15.3. The molecule has 0 unspecified atom stereocenters. The third-order valence-corrected chi connectivity index (χ3v) is 5.43. The van der Waals surface area contributed by atoms with E-state index in [0.717, 1.165) is 12.3 Å². The molecule has 1 aromatic carbocycles. The van der Waals surface area contributed by atoms with Gasteiger partial charge in [-0.2, -0.15) is 0 Å². The van der Waals surface area contributed by atoms with E-state index < -0.39 is 25.6 Å². The van der Waals surface area contributed by atoms with Crippen LogP contribution in [0.5, 0.6) is 0 Å². The van der Waals surface area contributed by atoms with Crippen molar-refractivity contribution < 1.29 is 17.6 Å². The lowest BCUT2D eigenvalue weighted by Crippen LogP contribution is -2.40. The zero-order valence-electron chi connectivity index (χ0n) is 9.41. The second-order valence-corrected chi connectivity index (χ2v) is 6.77. The van der Waals surface area contributed by atoms with Crippen LogP contribution in [0.25, 0.3) is 0 Å². The molecular weight excluding hydrogens is 267 g/mol. The summed E-state index contributed by atoms with van der Waals surface area (Å²) >= 11 is 5.85. The highest BCUT2D eigenvalue weighted by Crippen LogP contribution is 2.31. The molecule has 0 aliphatic heterocycles. The Balaban J connectivity index is 3.35. The molecule has 0 bridgehead atoms. The molecule has 1 atom stereocenters. The predicted octanol–water partition coefficient (Wildman–Crippen LogP) is 2.40. The van der Waals surface area contributed by atoms with Gasteiger partial charge in [0.25, 0.3) is 0 Å². The molecule has 0 spiro atoms. The highest BCUT2D eigenvalue weighted by molar-refractivity contribution is 7.94. The average molecular weight is 279 g/mol. The minimum atomic E-state index is -3.83. The molecule has 0 N–H and O–H groups in total. The van der Waals surface area contributed by atoms with Crippen LogP contribution in [-0.4, -0.2) is 24.7 Å². The van der Waals surface area contributed by atoms with Crippen molar-refractivity contribution in [3.8, 4) is 0 Å². The second kappa shape index (κ2) is 4.74. The van der Waals surface area contributed by atoms with Gasteiger partial charge in [-0.15, -0.1) is 0 Å². The third kappa shape index (κ3) is 2.50. The molecule has 0 aromatic heterocycles. The Morgan fingerprint density at radius 2 is 1.94 bits per heavy atom. The summed E-state index contributed by atoms with van der Waals surface area (Å²) in [6, 6.07) is 5.16. The van der Waals surface area contributed by atoms with Crippen LogP contribution < -0.4 is 0 Å². The summed E-state index contributed by atoms with van der Waals surface area (Å²) in [7, 11) is -3.83. The minimum absolute atomic E-state index is 0.124. The van der Waals surface area contributed by atoms with Crippen molar-refractivity contribution in [1.82, 2.24) is 0 Å². The monoisotopic (exact) mass is 278 g/mol. The number of hydrogen-bond donors (Lipinski definition) is 0. The molecule has 0 amide bonds. The van der Waals surface area contributed by atoms with Gasteiger partial charge in [-0.3, -0.25) is 4.79 Å². The maximum Gasteiger partial charge on any atom is 0.207 e. The number of Topliss-reactive ketones (excluding diaryl/α,β-unsaturated/α-hetero) is 1. The van der Waals surface area contributed by atoms with Gasteiger partial charge in [0.15, 0.2) is 9.84 Å². The fourth-order valence-electron chi connectivity index (χ4n) is 1.44. The molecule has 3 nitrogen and oxygen atoms in total. The van der Waals surface area contributed by atoms with Gasteiger partial charge in [0.1, 0.15) is 5.82 Å². The first-order valence-electron chi connectivity index (χ1n) is 4.92. The summed E-state index contributed by atoms with van der Waals surface area (Å²) < 4.78 is 34.4. The summed E-state index contributed by atoms with van der Waals surface area (Å²) in [5.74, 6) is -1.71. The Kier molecular flexibility index (Phi) is 3.94. The molecule has 0 fully saturated rings. The highest BCUT2D eigenvalue weighted by Gasteiger charge is 2.45. The lowest BCUT2D eigenvalue weighted by Gasteiger charge is -2.22. The van der Waals surface area contributed by atoms with Crippen LogP contribution in [0.1, 0.15) is 23.7 Å². The van der Waals surface area contributed by atoms with Gasteiger partial charge in [0.05, 0.1) is 5.56 Å². The standard InChI is InChI=1S/C11H12ClFO3S/c1-3-11(12,17(2,15)16)10(14)8-6-4-5-7-9(8)13/h4-7H,3H2,1-2H3/t11-/m1/s1. The number of ketones is 1. The first-order chi connectivity index (χ1) is 7.74. The van der Waals surface area contributed by atoms with E-state index in [1.165, 1.54) is 25.1 Å². The van der Waals surface area contributed by atoms with Crippen LogP contribution in [-0.2, 0) is 9.84 Å². The molecule has 0 saturated heterocycles. The Labute approximate surface area is 105 Å². The molecule has 1 rings (SSSR count). The van der Waals surface area contributed by atoms with E-state index >= 15 is 0 Å². The lowest BCUT2D eigenvalue weighted by atomic mass is 10.1. The first kappa shape index (κ1) is 14.1. The number of carbonyl (C=O) groups is 1. The van der Waals surface area contributed by atoms with E-state index in [9.17, 15) is 17.6 Å². The van der Waals surface area contributed by atoms with Crippen LogP contribution in [0.15, 0.2) is 24.3 Å². The average Bonchev–Trinajstić information content (AvgIpc) is 2.26. The van der Waals surface area contributed by atoms with Crippen molar-refractivity contribution in [2.45, 2.75) is 17.6 Å². The van der Waals surface area contributed by atoms with Crippen molar-refractivity contribution >= 4 is 27.2 Å². The maximum absolute atomic E-state index is 13.4. The second-order valence-electron chi connectivity index (χ2n) is 3.66. The summed E-state index contributed by atoms with van der Waals surface area (Å²) in [4.78, 5) is 12.0. The number of rotatable bonds is 4. The molecule has 0 saturated carbocycles. The highest BCUT2D eigenvalue weighted by atomic mass is 35.5. The molecule has 0 aliphatic rings. The van der Waals surface area contributed by atoms with Gasteiger partial charge in [0, 0.05) is 6.26 Å². The number of benzene rings is 1. The van der Waals surface area contributed by atoms with Crippen molar-refractivity contribution in [1.29, 1.82) is 0 Å². The van der Waals surface area contributed by atoms with Crippen molar-refractivity contribution in [3.63, 3.8) is 0 Å². The van der Waals surface area contributed by atoms with Crippen LogP contribution in [0.4, 0.5) is 4.39 Å². The van der Waals surface area contributed by atoms with Crippen molar-refractivity contribution in [2.75, 3.05) is 6.26 Å². The molecule has 0 radical (unpaired) electrons. The number of alkyl halides is 1. The Hall–Kier alpha value is -0.940. The zero-order valence-corrected chi connectivity index (χ0v) is 11.0. The predicted molar refractivity (Wildman–Crippen MR) is 64.4 cm³/mol. The van der Waals surface area contributed by atoms with E-state index in [-0.39, 0.29) is 12.0 Å². The molecule has 0 heterocycles. The minimum Gasteiger partial charge on any atom is -0.291 e. The number of carbonyl (C=O) groups excluding carboxylic acids is 1. The summed E-state index contributed by atoms with van der Waals surface area (Å²) in [6.07, 6.45) is 0.739. The maximum atomic E-state index is 13.4. The van der Waals surface area contributed by atoms with Crippen LogP contribution in [0.3, 0.4) is 0 Å². The first-order valence-corrected chi connectivity index (χ1v) is 7.19. The Bertz CT molecular complexity index is 541. The number of sulfone groups is 1. The fourth-order valence-corrected chi connectivity index (χ4v) is 2.51. The number of halogens is 2. The van der Waals surface area contributed by atoms with Gasteiger partial charge >= 0.3 is 0 Å². The third-order valence-electron chi connectivity index (χ3n) is 2.50. The van der Waals surface area contributed by atoms with Crippen LogP contribution in [0.2, 0.25) is 0 Å². The van der Waals surface area contributed by atoms with Gasteiger partial charge < -0.3 is 0 Å². The topological polar surface area (TPSA) is 51.2 Å². The Morgan fingerprint density at radius 3 is 2.35 bits per heavy atom. The van der Waals surface area contributed by atoms with Gasteiger partial charge in [-0.1, -0.05) is 30.7 Å². The van der Waals surface area contributed by atoms with Crippen LogP contribution in [0, 0.1) is 5.82 Å². The van der Waals surface area contributed by atoms with E-state index in [0.29, 0.717) is 0 Å². The molecule has 1 aromatic rings. The molecule has 0 aliphatic carbocycles. The van der Waals surface area contributed by atoms with Gasteiger partial charge in [0.2, 0.25) is 9.99 Å². The number of hydrogen-bond acceptors (Lipinski definition) is 3. The van der Waals surface area contributed by atoms with Crippen molar-refractivity contribution in [3.05, 3.63) is 35.6 Å². The lowest BCUT2D eigenvalue weighted by molar-refractivity contribution is 0.0967. The molecular formula is C11H12ClFO3S. The van der Waals surface area contributed by atoms with E-state index in [2.05, 4.69) is 0 Å². The molecule has 94 valence electrons. The SMILES string of the molecule is CC[C@](Cl)(C(=O)c1ccccc1F)S(C)(=O)=O. The largest absolute Gasteiger partial charge is 0.291 e. The molecule has 17 heavy (non-hydrogen) atoms. The van der Waals surface area contributed by atoms with E-state index in [4.69, 9.17) is 11.6 Å². The quantitative estimate of drug-likeness (QED) is 0.628. The summed E-state index contributed by atoms with van der Waals surface area (Å²) in [5, 5.41) is 0. The van der Waals surface area contributed by atoms with Crippen LogP contribution >= 0.6 is 11.6 Å². The fraction of sp³-hybridized carbons (Fsp3) is 0.364. The Morgan fingerprint density at radius 1 is 1.41 bits per heavy atom. The zero-order chi connectivity index (χ0) is 13.3. The van der Waals surface area contributed by atoms with Gasteiger partial charge in [-0.05, 0) is 18.6 Å². The van der Waals surface area contributed by atoms with E-state index in [1.807, 2.05) is 0 Å². The summed E-state index contributed by atoms with van der Waals surface area (Å²) in [6.45, 7) is 1.47. The molecule has 6 heteroatoms. The van der Waals surface area contributed by atoms with E-state index in [1.54, 1.807) is 0 Å². The smallest absolute Gasteiger partial charge is 0.207 e. The van der Waals surface area contributed by atoms with Gasteiger partial charge in [-0.25, -0.2) is 12.8 Å². The van der Waals surface area contributed by atoms with Crippen molar-refractivity contribution in [2.24, 2.45) is 0 Å².